The van der Waals surface area contributed by atoms with Crippen LogP contribution in [0.4, 0.5) is 0 Å². The normalized spacial score (nSPS) is 13.1. The van der Waals surface area contributed by atoms with Crippen molar-refractivity contribution < 1.29 is 8.85 Å². The molecule has 0 amide bonds. The molecule has 3 heteroatoms. The maximum atomic E-state index is 5.33. The topological polar surface area (TPSA) is 18.5 Å². The molecule has 0 aliphatic heterocycles. The minimum absolute atomic E-state index is 0.516. The molecule has 0 bridgehead atoms. The summed E-state index contributed by atoms with van der Waals surface area (Å²) in [4.78, 5) is 0. The fourth-order valence-corrected chi connectivity index (χ4v) is 3.04. The lowest BCUT2D eigenvalue weighted by molar-refractivity contribution is 0.275. The second-order valence-electron chi connectivity index (χ2n) is 3.95. The van der Waals surface area contributed by atoms with Crippen molar-refractivity contribution in [3.05, 3.63) is 35.4 Å². The van der Waals surface area contributed by atoms with Gasteiger partial charge < -0.3 is 8.85 Å². The molecule has 0 saturated carbocycles. The molecule has 15 heavy (non-hydrogen) atoms. The van der Waals surface area contributed by atoms with Crippen LogP contribution in [0.3, 0.4) is 0 Å². The summed E-state index contributed by atoms with van der Waals surface area (Å²) in [5, 5.41) is 0. The van der Waals surface area contributed by atoms with E-state index in [0.717, 1.165) is 6.04 Å². The van der Waals surface area contributed by atoms with Crippen molar-refractivity contribution in [3.63, 3.8) is 0 Å². The van der Waals surface area contributed by atoms with Crippen LogP contribution in [0.5, 0.6) is 0 Å². The van der Waals surface area contributed by atoms with Crippen molar-refractivity contribution in [2.24, 2.45) is 0 Å². The van der Waals surface area contributed by atoms with Crippen LogP contribution in [0.2, 0.25) is 6.04 Å². The van der Waals surface area contributed by atoms with E-state index in [9.17, 15) is 0 Å². The first-order valence-electron chi connectivity index (χ1n) is 5.29. The number of hydrogen-bond acceptors (Lipinski definition) is 2. The van der Waals surface area contributed by atoms with Gasteiger partial charge in [-0.05, 0) is 24.4 Å². The SMILES string of the molecule is CO[SiH](CC(C)c1ccc(C)cc1)OC. The zero-order valence-electron chi connectivity index (χ0n) is 9.99. The third kappa shape index (κ3) is 3.78. The predicted molar refractivity (Wildman–Crippen MR) is 65.6 cm³/mol. The molecule has 0 aliphatic carbocycles. The molecule has 1 atom stereocenters. The molecule has 2 nitrogen and oxygen atoms in total. The molecular weight excluding hydrogens is 204 g/mol. The van der Waals surface area contributed by atoms with Crippen LogP contribution in [-0.2, 0) is 8.85 Å². The van der Waals surface area contributed by atoms with Crippen LogP contribution in [0, 0.1) is 6.92 Å². The van der Waals surface area contributed by atoms with Crippen molar-refractivity contribution >= 4 is 9.28 Å². The summed E-state index contributed by atoms with van der Waals surface area (Å²) in [6.07, 6.45) is 0. The van der Waals surface area contributed by atoms with Gasteiger partial charge in [0, 0.05) is 14.2 Å². The monoisotopic (exact) mass is 224 g/mol. The van der Waals surface area contributed by atoms with E-state index in [1.165, 1.54) is 11.1 Å². The van der Waals surface area contributed by atoms with Gasteiger partial charge in [0.15, 0.2) is 0 Å². The fourth-order valence-electron chi connectivity index (χ4n) is 1.61. The second-order valence-corrected chi connectivity index (χ2v) is 6.22. The van der Waals surface area contributed by atoms with Crippen LogP contribution in [0.15, 0.2) is 24.3 Å². The first-order valence-corrected chi connectivity index (χ1v) is 7.05. The summed E-state index contributed by atoms with van der Waals surface area (Å²) in [6, 6.07) is 9.72. The van der Waals surface area contributed by atoms with E-state index in [2.05, 4.69) is 38.1 Å². The first kappa shape index (κ1) is 12.4. The molecule has 0 saturated heterocycles. The highest BCUT2D eigenvalue weighted by atomic mass is 28.3. The van der Waals surface area contributed by atoms with Gasteiger partial charge in [0.05, 0.1) is 0 Å². The molecule has 0 spiro atoms. The highest BCUT2D eigenvalue weighted by Gasteiger charge is 2.15. The quantitative estimate of drug-likeness (QED) is 0.716. The van der Waals surface area contributed by atoms with E-state index < -0.39 is 9.28 Å². The molecular formula is C12H20O2Si. The molecule has 0 radical (unpaired) electrons. The van der Waals surface area contributed by atoms with Gasteiger partial charge in [-0.25, -0.2) is 0 Å². The molecule has 0 heterocycles. The van der Waals surface area contributed by atoms with E-state index in [4.69, 9.17) is 8.85 Å². The van der Waals surface area contributed by atoms with Crippen LogP contribution < -0.4 is 0 Å². The highest BCUT2D eigenvalue weighted by molar-refractivity contribution is 6.44. The second kappa shape index (κ2) is 6.05. The lowest BCUT2D eigenvalue weighted by Gasteiger charge is -2.16. The fraction of sp³-hybridized carbons (Fsp3) is 0.500. The Kier molecular flexibility index (Phi) is 5.01. The smallest absolute Gasteiger partial charge is 0.321 e. The van der Waals surface area contributed by atoms with Gasteiger partial charge in [-0.3, -0.25) is 0 Å². The summed E-state index contributed by atoms with van der Waals surface area (Å²) < 4.78 is 10.7. The van der Waals surface area contributed by atoms with Crippen molar-refractivity contribution in [2.45, 2.75) is 25.8 Å². The standard InChI is InChI=1S/C12H20O2Si/c1-10-5-7-12(8-6-10)11(2)9-15(13-3)14-4/h5-8,11,15H,9H2,1-4H3. The lowest BCUT2D eigenvalue weighted by Crippen LogP contribution is -2.21. The van der Waals surface area contributed by atoms with E-state index in [1.807, 2.05) is 0 Å². The van der Waals surface area contributed by atoms with Gasteiger partial charge in [-0.2, -0.15) is 0 Å². The Morgan fingerprint density at radius 2 is 1.67 bits per heavy atom. The zero-order valence-corrected chi connectivity index (χ0v) is 11.1. The molecule has 0 aliphatic rings. The van der Waals surface area contributed by atoms with Gasteiger partial charge in [0.25, 0.3) is 0 Å². The van der Waals surface area contributed by atoms with Crippen LogP contribution in [0.1, 0.15) is 24.0 Å². The number of benzene rings is 1. The summed E-state index contributed by atoms with van der Waals surface area (Å²) in [7, 11) is 2.04. The first-order chi connectivity index (χ1) is 7.17. The minimum atomic E-state index is -1.43. The Balaban J connectivity index is 2.60. The Bertz CT molecular complexity index is 280. The van der Waals surface area contributed by atoms with E-state index in [-0.39, 0.29) is 0 Å². The number of aryl methyl sites for hydroxylation is 1. The van der Waals surface area contributed by atoms with Crippen molar-refractivity contribution in [1.29, 1.82) is 0 Å². The Hall–Kier alpha value is -0.643. The van der Waals surface area contributed by atoms with E-state index in [0.29, 0.717) is 5.92 Å². The molecule has 0 fully saturated rings. The average Bonchev–Trinajstić information content (AvgIpc) is 2.26. The maximum Gasteiger partial charge on any atom is 0.321 e. The van der Waals surface area contributed by atoms with Gasteiger partial charge in [0.2, 0.25) is 0 Å². The van der Waals surface area contributed by atoms with Gasteiger partial charge in [-0.1, -0.05) is 36.8 Å². The molecule has 1 aromatic rings. The zero-order chi connectivity index (χ0) is 11.3. The van der Waals surface area contributed by atoms with Crippen LogP contribution >= 0.6 is 0 Å². The van der Waals surface area contributed by atoms with Crippen LogP contribution in [0.25, 0.3) is 0 Å². The number of rotatable bonds is 5. The predicted octanol–water partition coefficient (Wildman–Crippen LogP) is 2.61. The van der Waals surface area contributed by atoms with Crippen molar-refractivity contribution in [2.75, 3.05) is 14.2 Å². The summed E-state index contributed by atoms with van der Waals surface area (Å²) >= 11 is 0. The van der Waals surface area contributed by atoms with E-state index >= 15 is 0 Å². The molecule has 1 aromatic carbocycles. The van der Waals surface area contributed by atoms with Gasteiger partial charge in [-0.15, -0.1) is 0 Å². The summed E-state index contributed by atoms with van der Waals surface area (Å²) in [6.45, 7) is 4.33. The molecule has 0 N–H and O–H groups in total. The Labute approximate surface area is 94.1 Å². The molecule has 1 rings (SSSR count). The van der Waals surface area contributed by atoms with Gasteiger partial charge in [0.1, 0.15) is 0 Å². The molecule has 1 unspecified atom stereocenters. The summed E-state index contributed by atoms with van der Waals surface area (Å²) in [5.74, 6) is 0.516. The number of hydrogen-bond donors (Lipinski definition) is 0. The lowest BCUT2D eigenvalue weighted by atomic mass is 10.0. The largest absolute Gasteiger partial charge is 0.400 e. The van der Waals surface area contributed by atoms with Crippen molar-refractivity contribution in [3.8, 4) is 0 Å². The summed E-state index contributed by atoms with van der Waals surface area (Å²) in [5.41, 5.74) is 2.67. The molecule has 0 aromatic heterocycles. The third-order valence-electron chi connectivity index (χ3n) is 2.72. The minimum Gasteiger partial charge on any atom is -0.400 e. The van der Waals surface area contributed by atoms with Gasteiger partial charge >= 0.3 is 9.28 Å². The Morgan fingerprint density at radius 3 is 2.13 bits per heavy atom. The third-order valence-corrected chi connectivity index (χ3v) is 4.86. The Morgan fingerprint density at radius 1 is 1.13 bits per heavy atom. The van der Waals surface area contributed by atoms with Crippen LogP contribution in [-0.4, -0.2) is 23.5 Å². The van der Waals surface area contributed by atoms with Crippen molar-refractivity contribution in [1.82, 2.24) is 0 Å². The average molecular weight is 224 g/mol. The highest BCUT2D eigenvalue weighted by Crippen LogP contribution is 2.21. The van der Waals surface area contributed by atoms with E-state index in [1.54, 1.807) is 14.2 Å². The maximum absolute atomic E-state index is 5.33. The molecule has 84 valence electrons.